The highest BCUT2D eigenvalue weighted by atomic mass is 31.2. The Hall–Kier alpha value is -5.04. The average Bonchev–Trinajstić information content (AvgIpc) is 3.65. The molecular formula is C35H46N5O14P. The number of pyridine rings is 1. The lowest BCUT2D eigenvalue weighted by Gasteiger charge is -2.24. The summed E-state index contributed by atoms with van der Waals surface area (Å²) in [6, 6.07) is 13.7. The maximum atomic E-state index is 12.2. The van der Waals surface area contributed by atoms with Crippen molar-refractivity contribution < 1.29 is 66.5 Å². The lowest BCUT2D eigenvalue weighted by Crippen LogP contribution is -2.30. The summed E-state index contributed by atoms with van der Waals surface area (Å²) in [6.45, 7) is 0.701. The number of carbonyl (C=O) groups excluding carboxylic acids is 4. The number of ether oxygens (including phenoxy) is 5. The van der Waals surface area contributed by atoms with Crippen molar-refractivity contribution in [2.75, 3.05) is 64.2 Å². The Bertz CT molecular complexity index is 1640. The number of hydrogen-bond donors (Lipinski definition) is 2. The molecule has 2 aromatic heterocycles. The number of benzene rings is 1. The van der Waals surface area contributed by atoms with Gasteiger partial charge in [-0.1, -0.05) is 29.5 Å². The molecule has 55 heavy (non-hydrogen) atoms. The maximum absolute atomic E-state index is 12.2. The summed E-state index contributed by atoms with van der Waals surface area (Å²) in [4.78, 5) is 60.7. The van der Waals surface area contributed by atoms with Gasteiger partial charge in [-0.15, -0.1) is 5.10 Å². The van der Waals surface area contributed by atoms with Crippen molar-refractivity contribution >= 4 is 50.5 Å². The first-order chi connectivity index (χ1) is 26.7. The zero-order valence-corrected chi connectivity index (χ0v) is 31.1. The number of aliphatic hydroxyl groups is 1. The molecule has 0 aliphatic heterocycles. The summed E-state index contributed by atoms with van der Waals surface area (Å²) in [5.41, 5.74) is 3.34. The van der Waals surface area contributed by atoms with E-state index in [2.05, 4.69) is 29.3 Å². The Morgan fingerprint density at radius 1 is 0.891 bits per heavy atom. The summed E-state index contributed by atoms with van der Waals surface area (Å²) in [5.74, 6) is -1.01. The quantitative estimate of drug-likeness (QED) is 0.0324. The lowest BCUT2D eigenvalue weighted by molar-refractivity contribution is -0.145. The maximum Gasteiger partial charge on any atom is 0.472 e. The van der Waals surface area contributed by atoms with Crippen LogP contribution in [0.2, 0.25) is 0 Å². The predicted molar refractivity (Wildman–Crippen MR) is 194 cm³/mol. The molecule has 0 aliphatic rings. The summed E-state index contributed by atoms with van der Waals surface area (Å²) < 4.78 is 47.7. The van der Waals surface area contributed by atoms with Gasteiger partial charge >= 0.3 is 19.8 Å². The van der Waals surface area contributed by atoms with Crippen molar-refractivity contribution in [1.82, 2.24) is 20.0 Å². The van der Waals surface area contributed by atoms with E-state index >= 15 is 0 Å². The molecule has 2 atom stereocenters. The van der Waals surface area contributed by atoms with Gasteiger partial charge in [0.25, 0.3) is 12.9 Å². The molecule has 0 fully saturated rings. The van der Waals surface area contributed by atoms with Gasteiger partial charge < -0.3 is 38.6 Å². The number of aromatic nitrogens is 4. The van der Waals surface area contributed by atoms with E-state index in [0.717, 1.165) is 16.9 Å². The van der Waals surface area contributed by atoms with Crippen molar-refractivity contribution in [3.8, 4) is 0 Å². The van der Waals surface area contributed by atoms with Gasteiger partial charge in [0, 0.05) is 44.4 Å². The third kappa shape index (κ3) is 19.2. The van der Waals surface area contributed by atoms with Gasteiger partial charge in [0.2, 0.25) is 0 Å². The molecule has 0 amide bonds. The van der Waals surface area contributed by atoms with Crippen LogP contribution < -0.4 is 4.90 Å². The Morgan fingerprint density at radius 3 is 2.40 bits per heavy atom. The van der Waals surface area contributed by atoms with Crippen molar-refractivity contribution in [2.45, 2.75) is 44.9 Å². The fourth-order valence-corrected chi connectivity index (χ4v) is 5.37. The molecule has 20 heteroatoms. The van der Waals surface area contributed by atoms with Crippen molar-refractivity contribution in [2.24, 2.45) is 0 Å². The number of hydrogen-bond acceptors (Lipinski definition) is 17. The van der Waals surface area contributed by atoms with E-state index in [0.29, 0.717) is 31.7 Å². The van der Waals surface area contributed by atoms with E-state index in [-0.39, 0.29) is 78.5 Å². The Kier molecular flexibility index (Phi) is 20.9. The van der Waals surface area contributed by atoms with Crippen LogP contribution in [0.25, 0.3) is 12.2 Å². The number of rotatable bonds is 30. The van der Waals surface area contributed by atoms with Crippen LogP contribution in [-0.2, 0) is 69.6 Å². The first-order valence-electron chi connectivity index (χ1n) is 17.3. The molecule has 3 rings (SSSR count). The van der Waals surface area contributed by atoms with Gasteiger partial charge in [-0.3, -0.25) is 37.9 Å². The highest BCUT2D eigenvalue weighted by Gasteiger charge is 2.24. The SMILES string of the molecule is O=COCC(COP(=O)(O)OCCCC(=O)OCCOCCCC(=O)OCc1cn(CCN(CCO)c2ccc(/C=C/c3ccccn3)cc2)nn1)OC=O. The summed E-state index contributed by atoms with van der Waals surface area (Å²) >= 11 is 0. The van der Waals surface area contributed by atoms with E-state index in [9.17, 15) is 33.7 Å². The molecule has 0 saturated carbocycles. The van der Waals surface area contributed by atoms with Crippen molar-refractivity contribution in [1.29, 1.82) is 0 Å². The first-order valence-corrected chi connectivity index (χ1v) is 18.8. The molecule has 0 bridgehead atoms. The van der Waals surface area contributed by atoms with Crippen LogP contribution in [0, 0.1) is 0 Å². The molecule has 0 spiro atoms. The minimum atomic E-state index is -4.51. The fraction of sp³-hybridized carbons (Fsp3) is 0.457. The summed E-state index contributed by atoms with van der Waals surface area (Å²) in [7, 11) is -4.51. The number of nitrogens with zero attached hydrogens (tertiary/aromatic N) is 5. The second-order valence-electron chi connectivity index (χ2n) is 11.4. The molecule has 2 unspecified atom stereocenters. The van der Waals surface area contributed by atoms with Gasteiger partial charge in [-0.2, -0.15) is 0 Å². The van der Waals surface area contributed by atoms with Crippen LogP contribution in [0.3, 0.4) is 0 Å². The Labute approximate surface area is 317 Å². The summed E-state index contributed by atoms with van der Waals surface area (Å²) in [6.07, 6.45) is 6.72. The van der Waals surface area contributed by atoms with Crippen LogP contribution in [0.4, 0.5) is 5.69 Å². The minimum Gasteiger partial charge on any atom is -0.464 e. The molecule has 300 valence electrons. The summed E-state index contributed by atoms with van der Waals surface area (Å²) in [5, 5.41) is 17.8. The lowest BCUT2D eigenvalue weighted by atomic mass is 10.1. The number of carbonyl (C=O) groups is 4. The topological polar surface area (TPSA) is 237 Å². The normalized spacial score (nSPS) is 12.8. The fourth-order valence-electron chi connectivity index (χ4n) is 4.58. The molecule has 0 saturated heterocycles. The Morgan fingerprint density at radius 2 is 1.67 bits per heavy atom. The van der Waals surface area contributed by atoms with Gasteiger partial charge in [0.1, 0.15) is 25.5 Å². The van der Waals surface area contributed by atoms with Crippen LogP contribution in [-0.4, -0.2) is 120 Å². The monoisotopic (exact) mass is 791 g/mol. The molecule has 0 radical (unpaired) electrons. The van der Waals surface area contributed by atoms with Crippen molar-refractivity contribution in [3.63, 3.8) is 0 Å². The number of phosphoric acid groups is 1. The van der Waals surface area contributed by atoms with Gasteiger partial charge in [-0.05, 0) is 48.7 Å². The third-order valence-electron chi connectivity index (χ3n) is 7.29. The minimum absolute atomic E-state index is 0.0133. The number of esters is 2. The average molecular weight is 792 g/mol. The molecular weight excluding hydrogens is 745 g/mol. The molecule has 3 aromatic rings. The van der Waals surface area contributed by atoms with E-state index in [1.54, 1.807) is 17.1 Å². The molecule has 2 heterocycles. The zero-order chi connectivity index (χ0) is 39.6. The van der Waals surface area contributed by atoms with Crippen molar-refractivity contribution in [3.05, 3.63) is 71.8 Å². The van der Waals surface area contributed by atoms with Gasteiger partial charge in [-0.25, -0.2) is 4.57 Å². The third-order valence-corrected chi connectivity index (χ3v) is 8.27. The first kappa shape index (κ1) is 44.4. The molecule has 2 N–H and O–H groups in total. The van der Waals surface area contributed by atoms with E-state index in [1.165, 1.54) is 0 Å². The molecule has 19 nitrogen and oxygen atoms in total. The number of phosphoric ester groups is 1. The number of aliphatic hydroxyl groups excluding tert-OH is 1. The van der Waals surface area contributed by atoms with Crippen LogP contribution in [0.5, 0.6) is 0 Å². The van der Waals surface area contributed by atoms with Crippen LogP contribution in [0.15, 0.2) is 54.9 Å². The molecule has 1 aromatic carbocycles. The van der Waals surface area contributed by atoms with E-state index < -0.39 is 32.5 Å². The zero-order valence-electron chi connectivity index (χ0n) is 30.2. The van der Waals surface area contributed by atoms with E-state index in [1.807, 2.05) is 59.5 Å². The van der Waals surface area contributed by atoms with Crippen LogP contribution >= 0.6 is 7.82 Å². The largest absolute Gasteiger partial charge is 0.472 e. The van der Waals surface area contributed by atoms with Crippen LogP contribution in [0.1, 0.15) is 42.6 Å². The Balaban J connectivity index is 1.22. The van der Waals surface area contributed by atoms with Gasteiger partial charge in [0.05, 0.1) is 44.9 Å². The highest BCUT2D eigenvalue weighted by Crippen LogP contribution is 2.43. The second-order valence-corrected chi connectivity index (χ2v) is 12.9. The van der Waals surface area contributed by atoms with E-state index in [4.69, 9.17) is 18.7 Å². The predicted octanol–water partition coefficient (Wildman–Crippen LogP) is 2.35. The second kappa shape index (κ2) is 25.9. The van der Waals surface area contributed by atoms with Gasteiger partial charge in [0.15, 0.2) is 6.10 Å². The standard InChI is InChI=1S/C35H46N5O14P/c41-18-17-39(32-12-9-29(10-13-32)8-11-30-5-1-2-14-36-30)15-16-40-23-31(37-38-40)24-51-35(45)6-3-19-48-21-22-50-34(44)7-4-20-53-55(46,47)54-26-33(52-28-43)25-49-27-42/h1-2,5,8-14,23,27-28,33,41H,3-4,6-7,15-22,24-26H2,(H,46,47)/b11-8+. The number of anilines is 1. The smallest absolute Gasteiger partial charge is 0.464 e. The molecule has 0 aliphatic carbocycles. The highest BCUT2D eigenvalue weighted by molar-refractivity contribution is 7.47.